The van der Waals surface area contributed by atoms with Crippen LogP contribution in [0.3, 0.4) is 0 Å². The quantitative estimate of drug-likeness (QED) is 0.627. The number of carbonyl (C=O) groups excluding carboxylic acids is 1. The molecule has 0 saturated heterocycles. The molecule has 0 saturated carbocycles. The van der Waals surface area contributed by atoms with Crippen LogP contribution < -0.4 is 5.23 Å². The second-order valence-electron chi connectivity index (χ2n) is 1.84. The molecule has 0 aliphatic heterocycles. The molecule has 0 atom stereocenters. The molecule has 0 bridgehead atoms. The number of amides is 1. The molecule has 0 spiro atoms. The van der Waals surface area contributed by atoms with E-state index in [1.807, 2.05) is 24.3 Å². The van der Waals surface area contributed by atoms with Crippen LogP contribution in [-0.4, -0.2) is 13.3 Å². The lowest BCUT2D eigenvalue weighted by Gasteiger charge is -1.94. The monoisotopic (exact) mass is 153 g/mol. The maximum atomic E-state index is 11.0. The molecule has 0 aliphatic rings. The van der Waals surface area contributed by atoms with Crippen LogP contribution in [0.4, 0.5) is 0 Å². The van der Waals surface area contributed by atoms with E-state index >= 15 is 0 Å². The number of rotatable bonds is 2. The van der Waals surface area contributed by atoms with Crippen molar-refractivity contribution in [1.29, 1.82) is 0 Å². The van der Waals surface area contributed by atoms with E-state index in [4.69, 9.17) is 0 Å². The van der Waals surface area contributed by atoms with Crippen LogP contribution in [0.15, 0.2) is 17.5 Å². The summed E-state index contributed by atoms with van der Waals surface area (Å²) in [6.07, 6.45) is 0. The van der Waals surface area contributed by atoms with Crippen molar-refractivity contribution in [3.8, 4) is 0 Å². The molecule has 1 amide bonds. The van der Waals surface area contributed by atoms with Gasteiger partial charge in [0.2, 0.25) is 13.3 Å². The Kier molecular flexibility index (Phi) is 2.51. The fourth-order valence-corrected chi connectivity index (χ4v) is 1.30. The molecule has 10 heavy (non-hydrogen) atoms. The van der Waals surface area contributed by atoms with Gasteiger partial charge in [0.05, 0.1) is 4.88 Å². The minimum absolute atomic E-state index is 0.0255. The van der Waals surface area contributed by atoms with Crippen molar-refractivity contribution >= 4 is 24.7 Å². The summed E-state index contributed by atoms with van der Waals surface area (Å²) in [7, 11) is 0.691. The van der Waals surface area contributed by atoms with Crippen LogP contribution in [0.2, 0.25) is 6.82 Å². The highest BCUT2D eigenvalue weighted by molar-refractivity contribution is 7.12. The third-order valence-corrected chi connectivity index (χ3v) is 1.95. The second kappa shape index (κ2) is 3.41. The normalized spacial score (nSPS) is 8.90. The van der Waals surface area contributed by atoms with E-state index in [-0.39, 0.29) is 5.91 Å². The topological polar surface area (TPSA) is 29.1 Å². The van der Waals surface area contributed by atoms with E-state index in [9.17, 15) is 4.79 Å². The van der Waals surface area contributed by atoms with Gasteiger partial charge in [0, 0.05) is 0 Å². The zero-order chi connectivity index (χ0) is 7.40. The van der Waals surface area contributed by atoms with Crippen LogP contribution in [0.1, 0.15) is 9.67 Å². The van der Waals surface area contributed by atoms with Gasteiger partial charge in [-0.05, 0) is 11.4 Å². The maximum absolute atomic E-state index is 11.0. The number of hydrogen-bond acceptors (Lipinski definition) is 2. The SMILES string of the molecule is CBNC(=O)c1cccs1. The standard InChI is InChI=1S/C6H8BNOS/c1-7-8-6(9)5-3-2-4-10-5/h2-4,7H,1H3,(H,8,9). The molecule has 0 radical (unpaired) electrons. The van der Waals surface area contributed by atoms with Crippen molar-refractivity contribution in [3.63, 3.8) is 0 Å². The molecule has 1 heterocycles. The Morgan fingerprint density at radius 2 is 2.60 bits per heavy atom. The van der Waals surface area contributed by atoms with E-state index in [0.717, 1.165) is 4.88 Å². The van der Waals surface area contributed by atoms with Crippen molar-refractivity contribution in [1.82, 2.24) is 5.23 Å². The van der Waals surface area contributed by atoms with Crippen molar-refractivity contribution in [2.75, 3.05) is 0 Å². The number of thiophene rings is 1. The smallest absolute Gasteiger partial charge is 0.249 e. The van der Waals surface area contributed by atoms with Crippen molar-refractivity contribution in [3.05, 3.63) is 22.4 Å². The zero-order valence-electron chi connectivity index (χ0n) is 5.76. The molecule has 1 aromatic rings. The van der Waals surface area contributed by atoms with Crippen molar-refractivity contribution in [2.24, 2.45) is 0 Å². The first-order chi connectivity index (χ1) is 4.84. The molecule has 0 aromatic carbocycles. The van der Waals surface area contributed by atoms with Gasteiger partial charge in [0.15, 0.2) is 0 Å². The minimum atomic E-state index is 0.0255. The van der Waals surface area contributed by atoms with Gasteiger partial charge in [-0.2, -0.15) is 0 Å². The van der Waals surface area contributed by atoms with Crippen LogP contribution >= 0.6 is 11.3 Å². The highest BCUT2D eigenvalue weighted by atomic mass is 32.1. The number of nitrogens with one attached hydrogen (secondary N) is 1. The predicted octanol–water partition coefficient (Wildman–Crippen LogP) is 0.877. The fraction of sp³-hybridized carbons (Fsp3) is 0.167. The van der Waals surface area contributed by atoms with Gasteiger partial charge < -0.3 is 5.23 Å². The molecule has 52 valence electrons. The first-order valence-electron chi connectivity index (χ1n) is 3.16. The summed E-state index contributed by atoms with van der Waals surface area (Å²) in [6.45, 7) is 1.91. The first-order valence-corrected chi connectivity index (χ1v) is 4.04. The Balaban J connectivity index is 2.59. The van der Waals surface area contributed by atoms with Crippen LogP contribution in [0.25, 0.3) is 0 Å². The summed E-state index contributed by atoms with van der Waals surface area (Å²) in [5, 5.41) is 4.61. The van der Waals surface area contributed by atoms with Gasteiger partial charge in [-0.3, -0.25) is 4.79 Å². The van der Waals surface area contributed by atoms with E-state index < -0.39 is 0 Å². The van der Waals surface area contributed by atoms with Crippen molar-refractivity contribution < 1.29 is 4.79 Å². The van der Waals surface area contributed by atoms with Gasteiger partial charge in [0.25, 0.3) is 0 Å². The number of carbonyl (C=O) groups is 1. The lowest BCUT2D eigenvalue weighted by Crippen LogP contribution is -2.24. The van der Waals surface area contributed by atoms with E-state index in [0.29, 0.717) is 7.41 Å². The van der Waals surface area contributed by atoms with Gasteiger partial charge in [-0.1, -0.05) is 12.9 Å². The second-order valence-corrected chi connectivity index (χ2v) is 2.78. The Bertz CT molecular complexity index is 210. The average Bonchev–Trinajstić information content (AvgIpc) is 2.38. The fourth-order valence-electron chi connectivity index (χ4n) is 0.655. The minimum Gasteiger partial charge on any atom is -0.398 e. The van der Waals surface area contributed by atoms with Crippen LogP contribution in [0, 0.1) is 0 Å². The van der Waals surface area contributed by atoms with E-state index in [2.05, 4.69) is 5.23 Å². The Labute approximate surface area is 64.5 Å². The van der Waals surface area contributed by atoms with Gasteiger partial charge in [-0.25, -0.2) is 0 Å². The van der Waals surface area contributed by atoms with Gasteiger partial charge in [-0.15, -0.1) is 11.3 Å². The Hall–Kier alpha value is -0.765. The molecule has 4 heteroatoms. The lowest BCUT2D eigenvalue weighted by molar-refractivity contribution is 0.0984. The third-order valence-electron chi connectivity index (χ3n) is 1.08. The molecule has 1 rings (SSSR count). The predicted molar refractivity (Wildman–Crippen MR) is 44.8 cm³/mol. The van der Waals surface area contributed by atoms with E-state index in [1.165, 1.54) is 11.3 Å². The van der Waals surface area contributed by atoms with Crippen LogP contribution in [-0.2, 0) is 0 Å². The van der Waals surface area contributed by atoms with Crippen molar-refractivity contribution in [2.45, 2.75) is 6.82 Å². The molecular weight excluding hydrogens is 145 g/mol. The maximum Gasteiger partial charge on any atom is 0.249 e. The summed E-state index contributed by atoms with van der Waals surface area (Å²) < 4.78 is 0. The summed E-state index contributed by atoms with van der Waals surface area (Å²) in [5.41, 5.74) is 0. The number of hydrogen-bond donors (Lipinski definition) is 1. The highest BCUT2D eigenvalue weighted by Crippen LogP contribution is 2.06. The zero-order valence-corrected chi connectivity index (χ0v) is 6.57. The van der Waals surface area contributed by atoms with Crippen LogP contribution in [0.5, 0.6) is 0 Å². The summed E-state index contributed by atoms with van der Waals surface area (Å²) >= 11 is 1.46. The van der Waals surface area contributed by atoms with Gasteiger partial charge >= 0.3 is 0 Å². The molecular formula is C6H8BNOS. The molecule has 0 aliphatic carbocycles. The summed E-state index contributed by atoms with van der Waals surface area (Å²) in [6, 6.07) is 3.69. The molecule has 1 aromatic heterocycles. The molecule has 2 nitrogen and oxygen atoms in total. The summed E-state index contributed by atoms with van der Waals surface area (Å²) in [4.78, 5) is 11.8. The highest BCUT2D eigenvalue weighted by Gasteiger charge is 2.02. The van der Waals surface area contributed by atoms with Gasteiger partial charge in [0.1, 0.15) is 0 Å². The van der Waals surface area contributed by atoms with E-state index in [1.54, 1.807) is 0 Å². The molecule has 0 fully saturated rings. The Morgan fingerprint density at radius 1 is 1.80 bits per heavy atom. The molecule has 1 N–H and O–H groups in total. The summed E-state index contributed by atoms with van der Waals surface area (Å²) in [5.74, 6) is 0.0255. The first kappa shape index (κ1) is 7.34. The molecule has 0 unspecified atom stereocenters. The average molecular weight is 153 g/mol. The Morgan fingerprint density at radius 3 is 3.10 bits per heavy atom. The third kappa shape index (κ3) is 1.61. The lowest BCUT2D eigenvalue weighted by atomic mass is 10.0. The largest absolute Gasteiger partial charge is 0.398 e.